The summed E-state index contributed by atoms with van der Waals surface area (Å²) in [5.41, 5.74) is 17.4. The summed E-state index contributed by atoms with van der Waals surface area (Å²) < 4.78 is 14.6. The predicted molar refractivity (Wildman–Crippen MR) is 262 cm³/mol. The van der Waals surface area contributed by atoms with Crippen molar-refractivity contribution >= 4 is 61.4 Å². The molecule has 4 fully saturated rings. The maximum absolute atomic E-state index is 14.9. The Morgan fingerprint density at radius 2 is 1.83 bits per heavy atom. The van der Waals surface area contributed by atoms with Gasteiger partial charge in [-0.15, -0.1) is 11.8 Å². The minimum Gasteiger partial charge on any atom is -0.464 e. The molecular formula is C49H71N9O5SSi. The first-order valence-corrected chi connectivity index (χ1v) is 25.8. The second kappa shape index (κ2) is 19.4. The number of ether oxygens (including phenoxy) is 2. The quantitative estimate of drug-likeness (QED) is 0.219. The number of hydrogen-bond acceptors (Lipinski definition) is 12. The summed E-state index contributed by atoms with van der Waals surface area (Å²) in [4.78, 5) is 57.5. The van der Waals surface area contributed by atoms with Gasteiger partial charge in [0.1, 0.15) is 6.04 Å². The smallest absolute Gasteiger partial charge is 0.324 e. The van der Waals surface area contributed by atoms with Crippen molar-refractivity contribution in [2.24, 2.45) is 11.1 Å². The molecule has 4 bridgehead atoms. The highest BCUT2D eigenvalue weighted by molar-refractivity contribution is 8.02. The zero-order valence-electron chi connectivity index (χ0n) is 40.1. The lowest BCUT2D eigenvalue weighted by molar-refractivity contribution is -0.155. The molecule has 0 aliphatic carbocycles. The van der Waals surface area contributed by atoms with E-state index in [0.29, 0.717) is 44.5 Å². The van der Waals surface area contributed by atoms with Gasteiger partial charge in [0, 0.05) is 110 Å². The lowest BCUT2D eigenvalue weighted by atomic mass is 9.84. The number of nitrogens with zero attached hydrogens (tertiary/aromatic N) is 7. The van der Waals surface area contributed by atoms with Gasteiger partial charge in [-0.1, -0.05) is 26.8 Å². The molecule has 8 rings (SSSR count). The van der Waals surface area contributed by atoms with Gasteiger partial charge in [0.15, 0.2) is 0 Å². The average Bonchev–Trinajstić information content (AvgIpc) is 3.96. The molecular weight excluding hydrogens is 855 g/mol. The molecule has 2 aromatic heterocycles. The first kappa shape index (κ1) is 47.6. The molecule has 65 heavy (non-hydrogen) atoms. The fourth-order valence-corrected chi connectivity index (χ4v) is 13.3. The average molecular weight is 926 g/mol. The zero-order valence-corrected chi connectivity index (χ0v) is 41.9. The van der Waals surface area contributed by atoms with Crippen LogP contribution in [0.4, 0.5) is 5.69 Å². The standard InChI is InChI=1S/C49H71N9O5SSi/c1-10-35-25-49(44(65-49)45(59)57-22-19-54(8)28-31(57)3)47(61)58-16-12-13-40(52-58)46(60)63-30-48(5,6)26-38-36-23-33(39(50)29-64-35)14-15-41(36)56(11-2)43(38)37-24-34(27-51-42(37)32(4)62-9)55-20-17-53(7)18-21-55/h14-15,23-24,27,29,31-32,35,40,44,52H,10-13,16-22,25-26,28,30,50H2,1-9H3/b39-29-/t31-,32-,35?,40-,44?,49-/m0/s1. The molecule has 4 saturated heterocycles. The van der Waals surface area contributed by atoms with Gasteiger partial charge >= 0.3 is 5.97 Å². The molecule has 3 N–H and O–H groups in total. The van der Waals surface area contributed by atoms with Crippen molar-refractivity contribution in [1.82, 2.24) is 34.7 Å². The molecule has 352 valence electrons. The molecule has 3 aromatic rings. The first-order chi connectivity index (χ1) is 31.1. The summed E-state index contributed by atoms with van der Waals surface area (Å²) in [6, 6.07) is 8.22. The van der Waals surface area contributed by atoms with Crippen LogP contribution in [-0.4, -0.2) is 154 Å². The van der Waals surface area contributed by atoms with Gasteiger partial charge < -0.3 is 39.4 Å². The number of rotatable bonds is 7. The first-order valence-electron chi connectivity index (χ1n) is 23.8. The number of benzene rings is 1. The SMILES string of the molecule is CCC1C[C@@]2([Si]C2C(=O)N2CCN(C)C[C@@H]2C)C(=O)N2CCC[C@H](N2)C(=O)OCC(C)(C)Cc2c(-c3cc(N4CCN(C)CC4)cnc3[C@H](C)OC)n(CC)c3ccc(cc23)/C(N)=C/S1. The number of carbonyl (C=O) groups excluding carboxylic acids is 3. The van der Waals surface area contributed by atoms with Crippen LogP contribution in [-0.2, 0) is 36.8 Å². The number of likely N-dealkylation sites (N-methyl/N-ethyl adjacent to an activating group) is 2. The Bertz CT molecular complexity index is 2300. The summed E-state index contributed by atoms with van der Waals surface area (Å²) in [6.07, 6.45) is 4.90. The van der Waals surface area contributed by atoms with Gasteiger partial charge in [-0.25, -0.2) is 5.43 Å². The number of cyclic esters (lactones) is 1. The van der Waals surface area contributed by atoms with Crippen LogP contribution in [0.15, 0.2) is 35.9 Å². The van der Waals surface area contributed by atoms with Gasteiger partial charge in [0.05, 0.1) is 50.5 Å². The Kier molecular flexibility index (Phi) is 14.2. The number of piperazine rings is 2. The number of nitrogens with two attached hydrogens (primary N) is 1. The molecule has 16 heteroatoms. The molecule has 7 heterocycles. The maximum Gasteiger partial charge on any atom is 0.324 e. The van der Waals surface area contributed by atoms with Crippen molar-refractivity contribution < 1.29 is 23.9 Å². The number of hydrazine groups is 1. The second-order valence-electron chi connectivity index (χ2n) is 20.0. The molecule has 2 radical (unpaired) electrons. The zero-order chi connectivity index (χ0) is 46.4. The minimum absolute atomic E-state index is 0.0366. The number of fused-ring (bicyclic) bond motifs is 3. The van der Waals surface area contributed by atoms with Gasteiger partial charge in [-0.05, 0) is 102 Å². The normalized spacial score (nSPS) is 28.7. The summed E-state index contributed by atoms with van der Waals surface area (Å²) >= 11 is 1.66. The fourth-order valence-electron chi connectivity index (χ4n) is 10.4. The summed E-state index contributed by atoms with van der Waals surface area (Å²) in [7, 11) is 6.16. The molecule has 2 unspecified atom stereocenters. The third-order valence-electron chi connectivity index (χ3n) is 14.5. The van der Waals surface area contributed by atoms with E-state index < -0.39 is 16.5 Å². The van der Waals surface area contributed by atoms with E-state index in [9.17, 15) is 14.4 Å². The highest BCUT2D eigenvalue weighted by Gasteiger charge is 2.66. The van der Waals surface area contributed by atoms with E-state index in [1.54, 1.807) is 23.9 Å². The van der Waals surface area contributed by atoms with Crippen molar-refractivity contribution in [1.29, 1.82) is 0 Å². The van der Waals surface area contributed by atoms with Gasteiger partial charge in [-0.2, -0.15) is 0 Å². The third-order valence-corrected chi connectivity index (χ3v) is 17.7. The summed E-state index contributed by atoms with van der Waals surface area (Å²) in [5, 5.41) is 3.99. The van der Waals surface area contributed by atoms with Crippen molar-refractivity contribution in [2.45, 2.75) is 114 Å². The molecule has 1 aromatic carbocycles. The topological polar surface area (TPSA) is 142 Å². The molecule has 6 atom stereocenters. The van der Waals surface area contributed by atoms with Crippen LogP contribution < -0.4 is 16.1 Å². The number of nitrogens with one attached hydrogen (secondary N) is 1. The Hall–Kier alpha value is -3.93. The fraction of sp³-hybridized carbons (Fsp3) is 0.633. The minimum atomic E-state index is -0.844. The number of aryl methyl sites for hydroxylation is 1. The highest BCUT2D eigenvalue weighted by atomic mass is 32.2. The van der Waals surface area contributed by atoms with Crippen LogP contribution in [0, 0.1) is 5.41 Å². The van der Waals surface area contributed by atoms with Crippen LogP contribution in [0.1, 0.15) is 90.2 Å². The van der Waals surface area contributed by atoms with Gasteiger partial charge in [0.25, 0.3) is 0 Å². The van der Waals surface area contributed by atoms with Crippen LogP contribution >= 0.6 is 11.8 Å². The molecule has 14 nitrogen and oxygen atoms in total. The number of hydrogen-bond donors (Lipinski definition) is 2. The van der Waals surface area contributed by atoms with Crippen molar-refractivity contribution in [2.75, 3.05) is 85.1 Å². The van der Waals surface area contributed by atoms with E-state index in [1.807, 2.05) is 11.1 Å². The van der Waals surface area contributed by atoms with Crippen LogP contribution in [0.3, 0.4) is 0 Å². The number of esters is 1. The molecule has 5 aliphatic heterocycles. The highest BCUT2D eigenvalue weighted by Crippen LogP contribution is 2.63. The van der Waals surface area contributed by atoms with Gasteiger partial charge in [-0.3, -0.25) is 24.4 Å². The van der Waals surface area contributed by atoms with Crippen LogP contribution in [0.5, 0.6) is 0 Å². The molecule has 5 aliphatic rings. The van der Waals surface area contributed by atoms with E-state index in [-0.39, 0.29) is 56.8 Å². The lowest BCUT2D eigenvalue weighted by Crippen LogP contribution is -2.57. The summed E-state index contributed by atoms with van der Waals surface area (Å²) in [5.74, 6) is -0.368. The number of anilines is 1. The second-order valence-corrected chi connectivity index (χ2v) is 22.9. The molecule has 2 amide bonds. The van der Waals surface area contributed by atoms with Gasteiger partial charge in [0.2, 0.25) is 11.8 Å². The number of amides is 2. The Morgan fingerprint density at radius 3 is 2.54 bits per heavy atom. The Morgan fingerprint density at radius 1 is 1.08 bits per heavy atom. The monoisotopic (exact) mass is 926 g/mol. The molecule has 1 spiro atoms. The molecule has 0 saturated carbocycles. The number of methoxy groups -OCH3 is 1. The number of aromatic nitrogens is 2. The van der Waals surface area contributed by atoms with Crippen molar-refractivity contribution in [3.05, 3.63) is 52.7 Å². The Labute approximate surface area is 392 Å². The van der Waals surface area contributed by atoms with E-state index in [4.69, 9.17) is 20.2 Å². The maximum atomic E-state index is 14.9. The van der Waals surface area contributed by atoms with Crippen LogP contribution in [0.2, 0.25) is 10.6 Å². The third kappa shape index (κ3) is 9.62. The van der Waals surface area contributed by atoms with E-state index in [0.717, 1.165) is 96.9 Å². The van der Waals surface area contributed by atoms with E-state index in [1.165, 1.54) is 0 Å². The number of thioether (sulfide) groups is 1. The van der Waals surface area contributed by atoms with E-state index in [2.05, 4.69) is 110 Å². The summed E-state index contributed by atoms with van der Waals surface area (Å²) in [6.45, 7) is 20.2. The number of carbonyl (C=O) groups is 3. The van der Waals surface area contributed by atoms with Crippen molar-refractivity contribution in [3.63, 3.8) is 0 Å². The number of pyridine rings is 1. The predicted octanol–water partition coefficient (Wildman–Crippen LogP) is 5.79. The largest absolute Gasteiger partial charge is 0.464 e. The van der Waals surface area contributed by atoms with Crippen LogP contribution in [0.25, 0.3) is 27.9 Å². The van der Waals surface area contributed by atoms with E-state index >= 15 is 0 Å². The Balaban J connectivity index is 1.22. The lowest BCUT2D eigenvalue weighted by Gasteiger charge is -2.39. The van der Waals surface area contributed by atoms with Crippen molar-refractivity contribution in [3.8, 4) is 11.3 Å².